The summed E-state index contributed by atoms with van der Waals surface area (Å²) < 4.78 is 9.37. The van der Waals surface area contributed by atoms with Gasteiger partial charge in [-0.05, 0) is 6.07 Å². The molecule has 1 unspecified atom stereocenters. The van der Waals surface area contributed by atoms with Gasteiger partial charge in [-0.1, -0.05) is 0 Å². The molecule has 0 aromatic carbocycles. The summed E-state index contributed by atoms with van der Waals surface area (Å²) in [6, 6.07) is 2.79. The monoisotopic (exact) mass is 175 g/mol. The van der Waals surface area contributed by atoms with Crippen LogP contribution in [0.5, 0.6) is 0 Å². The molecule has 1 heterocycles. The number of rotatable bonds is 3. The molecule has 0 spiro atoms. The average molecular weight is 175 g/mol. The summed E-state index contributed by atoms with van der Waals surface area (Å²) in [7, 11) is 2.03. The molecule has 1 atom stereocenters. The van der Waals surface area contributed by atoms with Crippen LogP contribution < -0.4 is 0 Å². The molecule has 0 bridgehead atoms. The zero-order valence-corrected chi connectivity index (χ0v) is 6.67. The van der Waals surface area contributed by atoms with Crippen LogP contribution in [-0.2, 0) is 11.1 Å². The van der Waals surface area contributed by atoms with Crippen molar-refractivity contribution in [2.75, 3.05) is 0 Å². The lowest BCUT2D eigenvalue weighted by Crippen LogP contribution is -1.83. The Hall–Kier alpha value is -0.930. The van der Waals surface area contributed by atoms with Gasteiger partial charge in [-0.15, -0.1) is 0 Å². The van der Waals surface area contributed by atoms with E-state index in [0.29, 0.717) is 5.76 Å². The molecule has 0 N–H and O–H groups in total. The molecule has 0 saturated heterocycles. The number of nitrogens with zero attached hydrogens (tertiary/aromatic N) is 1. The fourth-order valence-electron chi connectivity index (χ4n) is 0.624. The van der Waals surface area contributed by atoms with Crippen molar-refractivity contribution in [3.8, 4) is 0 Å². The average Bonchev–Trinajstić information content (AvgIpc) is 2.37. The van der Waals surface area contributed by atoms with Crippen molar-refractivity contribution in [1.29, 1.82) is 0 Å². The fraction of sp³-hybridized carbons (Fsp3) is 0.200. The number of furan rings is 1. The third kappa shape index (κ3) is 2.00. The zero-order chi connectivity index (χ0) is 8.27. The highest BCUT2D eigenvalue weighted by molar-refractivity contribution is 7.09. The second-order valence-electron chi connectivity index (χ2n) is 1.81. The smallest absolute Gasteiger partial charge is 0.403 e. The van der Waals surface area contributed by atoms with E-state index in [4.69, 9.17) is 4.42 Å². The lowest BCUT2D eigenvalue weighted by atomic mass is 10.5. The third-order valence-electron chi connectivity index (χ3n) is 1.05. The number of hydrogen-bond acceptors (Lipinski definition) is 4. The van der Waals surface area contributed by atoms with E-state index < -0.39 is 4.92 Å². The van der Waals surface area contributed by atoms with E-state index in [-0.39, 0.29) is 12.5 Å². The van der Waals surface area contributed by atoms with Crippen LogP contribution in [0.2, 0.25) is 0 Å². The quantitative estimate of drug-likeness (QED) is 0.396. The van der Waals surface area contributed by atoms with Gasteiger partial charge in [0.2, 0.25) is 0 Å². The zero-order valence-electron chi connectivity index (χ0n) is 5.52. The van der Waals surface area contributed by atoms with E-state index in [2.05, 4.69) is 4.52 Å². The van der Waals surface area contributed by atoms with Gasteiger partial charge in [-0.2, -0.15) is 0 Å². The van der Waals surface area contributed by atoms with E-state index >= 15 is 0 Å². The molecule has 5 nitrogen and oxygen atoms in total. The van der Waals surface area contributed by atoms with Crippen LogP contribution in [0, 0.1) is 10.1 Å². The molecule has 0 saturated carbocycles. The number of nitro groups is 1. The van der Waals surface area contributed by atoms with E-state index in [0.717, 1.165) is 0 Å². The maximum Gasteiger partial charge on any atom is 0.433 e. The summed E-state index contributed by atoms with van der Waals surface area (Å²) in [4.78, 5) is 9.49. The molecule has 0 aliphatic rings. The molecule has 0 aliphatic carbocycles. The standard InChI is InChI=1S/C5H6NO4P/c7-6(8)5-2-1-4(10-5)3-9-11/h1-2H,3,11H2. The molecular weight excluding hydrogens is 169 g/mol. The molecular formula is C5H6NO4P. The van der Waals surface area contributed by atoms with Gasteiger partial charge in [0.25, 0.3) is 0 Å². The van der Waals surface area contributed by atoms with Crippen molar-refractivity contribution in [2.45, 2.75) is 6.61 Å². The van der Waals surface area contributed by atoms with Gasteiger partial charge < -0.3 is 8.94 Å². The second kappa shape index (κ2) is 3.46. The Balaban J connectivity index is 2.73. The topological polar surface area (TPSA) is 65.5 Å². The van der Waals surface area contributed by atoms with E-state index in [1.165, 1.54) is 12.1 Å². The van der Waals surface area contributed by atoms with Crippen LogP contribution >= 0.6 is 9.47 Å². The molecule has 0 radical (unpaired) electrons. The molecule has 0 amide bonds. The Morgan fingerprint density at radius 3 is 2.91 bits per heavy atom. The van der Waals surface area contributed by atoms with Crippen molar-refractivity contribution in [2.24, 2.45) is 0 Å². The first kappa shape index (κ1) is 8.17. The van der Waals surface area contributed by atoms with Crippen LogP contribution in [-0.4, -0.2) is 4.92 Å². The van der Waals surface area contributed by atoms with Crippen LogP contribution in [0.15, 0.2) is 16.5 Å². The van der Waals surface area contributed by atoms with Crippen molar-refractivity contribution in [1.82, 2.24) is 0 Å². The summed E-state index contributed by atoms with van der Waals surface area (Å²) >= 11 is 0. The van der Waals surface area contributed by atoms with Crippen molar-refractivity contribution >= 4 is 15.4 Å². The van der Waals surface area contributed by atoms with E-state index in [9.17, 15) is 10.1 Å². The Morgan fingerprint density at radius 2 is 2.45 bits per heavy atom. The van der Waals surface area contributed by atoms with Crippen LogP contribution in [0.3, 0.4) is 0 Å². The summed E-state index contributed by atoms with van der Waals surface area (Å²) in [6.45, 7) is 0.221. The van der Waals surface area contributed by atoms with Gasteiger partial charge in [0.15, 0.2) is 0 Å². The normalized spacial score (nSPS) is 9.91. The van der Waals surface area contributed by atoms with E-state index in [1.54, 1.807) is 0 Å². The largest absolute Gasteiger partial charge is 0.433 e. The fourth-order valence-corrected chi connectivity index (χ4v) is 0.789. The molecule has 1 aromatic heterocycles. The molecule has 0 fully saturated rings. The molecule has 6 heteroatoms. The first-order chi connectivity index (χ1) is 5.24. The maximum atomic E-state index is 10.1. The van der Waals surface area contributed by atoms with Gasteiger partial charge in [0.05, 0.1) is 6.07 Å². The highest BCUT2D eigenvalue weighted by Gasteiger charge is 2.10. The highest BCUT2D eigenvalue weighted by Crippen LogP contribution is 2.16. The predicted octanol–water partition coefficient (Wildman–Crippen LogP) is 1.49. The minimum absolute atomic E-state index is 0.221. The van der Waals surface area contributed by atoms with Gasteiger partial charge in [0.1, 0.15) is 17.3 Å². The summed E-state index contributed by atoms with van der Waals surface area (Å²) in [5.74, 6) is 0.175. The van der Waals surface area contributed by atoms with Gasteiger partial charge >= 0.3 is 5.88 Å². The molecule has 1 rings (SSSR count). The molecule has 60 valence electrons. The van der Waals surface area contributed by atoms with Gasteiger partial charge in [-0.25, -0.2) is 0 Å². The lowest BCUT2D eigenvalue weighted by molar-refractivity contribution is -0.402. The summed E-state index contributed by atoms with van der Waals surface area (Å²) in [5.41, 5.74) is 0. The Labute approximate surface area is 64.8 Å². The summed E-state index contributed by atoms with van der Waals surface area (Å²) in [6.07, 6.45) is 0. The Bertz CT molecular complexity index is 259. The van der Waals surface area contributed by atoms with Crippen LogP contribution in [0.4, 0.5) is 5.88 Å². The van der Waals surface area contributed by atoms with Crippen LogP contribution in [0.25, 0.3) is 0 Å². The summed E-state index contributed by atoms with van der Waals surface area (Å²) in [5, 5.41) is 10.1. The van der Waals surface area contributed by atoms with Gasteiger partial charge in [0, 0.05) is 9.47 Å². The third-order valence-corrected chi connectivity index (χ3v) is 1.22. The Kier molecular flexibility index (Phi) is 2.57. The van der Waals surface area contributed by atoms with Crippen LogP contribution in [0.1, 0.15) is 5.76 Å². The van der Waals surface area contributed by atoms with Crippen molar-refractivity contribution < 1.29 is 13.9 Å². The SMILES string of the molecule is O=[N+]([O-])c1ccc(COP)o1. The first-order valence-electron chi connectivity index (χ1n) is 2.79. The lowest BCUT2D eigenvalue weighted by Gasteiger charge is -1.89. The van der Waals surface area contributed by atoms with Gasteiger partial charge in [-0.3, -0.25) is 10.1 Å². The molecule has 0 aliphatic heterocycles. The van der Waals surface area contributed by atoms with Crippen molar-refractivity contribution in [3.63, 3.8) is 0 Å². The number of hydrogen-bond donors (Lipinski definition) is 0. The minimum Gasteiger partial charge on any atom is -0.403 e. The highest BCUT2D eigenvalue weighted by atomic mass is 31.0. The predicted molar refractivity (Wildman–Crippen MR) is 39.9 cm³/mol. The second-order valence-corrected chi connectivity index (χ2v) is 2.14. The van der Waals surface area contributed by atoms with E-state index in [1.807, 2.05) is 9.47 Å². The Morgan fingerprint density at radius 1 is 1.73 bits per heavy atom. The van der Waals surface area contributed by atoms with Crippen molar-refractivity contribution in [3.05, 3.63) is 28.0 Å². The first-order valence-corrected chi connectivity index (χ1v) is 3.26. The molecule has 1 aromatic rings. The minimum atomic E-state index is -0.591. The molecule has 11 heavy (non-hydrogen) atoms. The maximum absolute atomic E-state index is 10.1.